The van der Waals surface area contributed by atoms with Gasteiger partial charge in [0, 0.05) is 18.6 Å². The Morgan fingerprint density at radius 3 is 1.57 bits per heavy atom. The highest BCUT2D eigenvalue weighted by molar-refractivity contribution is 5.88. The molecule has 0 spiro atoms. The van der Waals surface area contributed by atoms with Crippen LogP contribution < -0.4 is 9.47 Å². The van der Waals surface area contributed by atoms with Gasteiger partial charge in [-0.15, -0.1) is 0 Å². The Kier molecular flexibility index (Phi) is 21.7. The Morgan fingerprint density at radius 1 is 0.647 bits per heavy atom. The number of ether oxygens (including phenoxy) is 5. The molecule has 10 heteroatoms. The quantitative estimate of drug-likeness (QED) is 0.0320. The summed E-state index contributed by atoms with van der Waals surface area (Å²) in [4.78, 5) is 37.6. The smallest absolute Gasteiger partial charge is 0.330 e. The molecule has 2 rings (SSSR count). The first kappa shape index (κ1) is 42.4. The lowest BCUT2D eigenvalue weighted by Gasteiger charge is -2.17. The van der Waals surface area contributed by atoms with Crippen LogP contribution in [-0.2, 0) is 28.6 Å². The summed E-state index contributed by atoms with van der Waals surface area (Å²) in [5, 5.41) is 19.5. The van der Waals surface area contributed by atoms with E-state index in [2.05, 4.69) is 19.1 Å². The first-order valence-electron chi connectivity index (χ1n) is 18.0. The molecule has 0 radical (unpaired) electrons. The number of rotatable bonds is 26. The van der Waals surface area contributed by atoms with E-state index in [4.69, 9.17) is 23.7 Å². The third-order valence-electron chi connectivity index (χ3n) is 8.00. The Bertz CT molecular complexity index is 1330. The van der Waals surface area contributed by atoms with Gasteiger partial charge in [0.1, 0.15) is 13.2 Å². The monoisotopic (exact) mass is 708 g/mol. The number of benzene rings is 2. The van der Waals surface area contributed by atoms with Gasteiger partial charge in [0.15, 0.2) is 29.1 Å². The fourth-order valence-electron chi connectivity index (χ4n) is 5.07. The third kappa shape index (κ3) is 19.3. The number of hydrogen-bond donors (Lipinski definition) is 2. The maximum absolute atomic E-state index is 12.7. The summed E-state index contributed by atoms with van der Waals surface area (Å²) in [6.45, 7) is 1.58. The zero-order valence-electron chi connectivity index (χ0n) is 30.5. The standard InChI is InChI=1S/C41H56O10/c1-4-5-6-7-8-9-10-11-12-13-14-15-16-17-18-19-41(46)51-34(30-49-39(44)26-22-32-20-24-35(42)37(28-32)47-2)31-50-40(45)27-23-33-21-25-36(43)38(29-33)48-3/h11-12,20-29,34,42-43H,4-10,13-19,30-31H2,1-3H3/b12-11-,26-22+,27-23+. The van der Waals surface area contributed by atoms with Crippen molar-refractivity contribution in [2.45, 2.75) is 103 Å². The number of phenolic OH excluding ortho intramolecular Hbond substituents is 2. The number of allylic oxidation sites excluding steroid dienone is 2. The van der Waals surface area contributed by atoms with E-state index in [0.29, 0.717) is 17.5 Å². The Morgan fingerprint density at radius 2 is 1.10 bits per heavy atom. The van der Waals surface area contributed by atoms with Crippen molar-refractivity contribution in [1.29, 1.82) is 0 Å². The number of methoxy groups -OCH3 is 2. The average Bonchev–Trinajstić information content (AvgIpc) is 3.13. The maximum atomic E-state index is 12.7. The molecule has 0 aliphatic carbocycles. The number of carbonyl (C=O) groups excluding carboxylic acids is 3. The van der Waals surface area contributed by atoms with Gasteiger partial charge < -0.3 is 33.9 Å². The predicted molar refractivity (Wildman–Crippen MR) is 199 cm³/mol. The minimum atomic E-state index is -1.02. The molecule has 280 valence electrons. The summed E-state index contributed by atoms with van der Waals surface area (Å²) in [5.74, 6) is -1.43. The lowest BCUT2D eigenvalue weighted by molar-refractivity contribution is -0.163. The number of carbonyl (C=O) groups is 3. The molecule has 0 amide bonds. The van der Waals surface area contributed by atoms with E-state index >= 15 is 0 Å². The lowest BCUT2D eigenvalue weighted by atomic mass is 10.1. The Labute approximate surface area is 303 Å². The molecule has 0 atom stereocenters. The zero-order valence-corrected chi connectivity index (χ0v) is 30.5. The molecule has 51 heavy (non-hydrogen) atoms. The van der Waals surface area contributed by atoms with E-state index in [1.807, 2.05) is 0 Å². The lowest BCUT2D eigenvalue weighted by Crippen LogP contribution is -2.30. The molecule has 2 N–H and O–H groups in total. The van der Waals surface area contributed by atoms with Crippen LogP contribution in [0.2, 0.25) is 0 Å². The molecule has 0 aliphatic heterocycles. The topological polar surface area (TPSA) is 138 Å². The van der Waals surface area contributed by atoms with Gasteiger partial charge in [-0.05, 0) is 79.6 Å². The highest BCUT2D eigenvalue weighted by atomic mass is 16.6. The molecule has 2 aromatic rings. The van der Waals surface area contributed by atoms with E-state index < -0.39 is 24.0 Å². The summed E-state index contributed by atoms with van der Waals surface area (Å²) in [6, 6.07) is 9.19. The van der Waals surface area contributed by atoms with Crippen molar-refractivity contribution in [3.63, 3.8) is 0 Å². The van der Waals surface area contributed by atoms with Crippen molar-refractivity contribution >= 4 is 30.1 Å². The normalized spacial score (nSPS) is 11.5. The van der Waals surface area contributed by atoms with Crippen molar-refractivity contribution < 1.29 is 48.3 Å². The van der Waals surface area contributed by atoms with Gasteiger partial charge >= 0.3 is 17.9 Å². The Balaban J connectivity index is 1.80. The number of esters is 3. The highest BCUT2D eigenvalue weighted by Crippen LogP contribution is 2.27. The van der Waals surface area contributed by atoms with Gasteiger partial charge in [-0.25, -0.2) is 9.59 Å². The minimum Gasteiger partial charge on any atom is -0.504 e. The molecule has 0 heterocycles. The van der Waals surface area contributed by atoms with Gasteiger partial charge in [-0.2, -0.15) is 0 Å². The molecule has 0 aliphatic rings. The zero-order chi connectivity index (χ0) is 37.1. The molecule has 10 nitrogen and oxygen atoms in total. The Hall–Kier alpha value is -4.73. The van der Waals surface area contributed by atoms with E-state index in [0.717, 1.165) is 38.5 Å². The second kappa shape index (κ2) is 26.1. The largest absolute Gasteiger partial charge is 0.504 e. The summed E-state index contributed by atoms with van der Waals surface area (Å²) in [6.07, 6.45) is 24.0. The van der Waals surface area contributed by atoms with Gasteiger partial charge in [-0.3, -0.25) is 4.79 Å². The van der Waals surface area contributed by atoms with Crippen LogP contribution in [0.1, 0.15) is 108 Å². The number of phenols is 2. The highest BCUT2D eigenvalue weighted by Gasteiger charge is 2.19. The minimum absolute atomic E-state index is 0.0316. The molecule has 0 fully saturated rings. The van der Waals surface area contributed by atoms with Gasteiger partial charge in [0.05, 0.1) is 14.2 Å². The van der Waals surface area contributed by atoms with E-state index in [9.17, 15) is 24.6 Å². The van der Waals surface area contributed by atoms with Crippen molar-refractivity contribution in [3.05, 3.63) is 71.8 Å². The van der Waals surface area contributed by atoms with Crippen LogP contribution in [0.4, 0.5) is 0 Å². The molecule has 0 saturated heterocycles. The number of unbranched alkanes of at least 4 members (excludes halogenated alkanes) is 11. The summed E-state index contributed by atoms with van der Waals surface area (Å²) in [7, 11) is 2.84. The van der Waals surface area contributed by atoms with Gasteiger partial charge in [-0.1, -0.05) is 82.6 Å². The van der Waals surface area contributed by atoms with Crippen LogP contribution in [0, 0.1) is 0 Å². The fraction of sp³-hybridized carbons (Fsp3) is 0.488. The maximum Gasteiger partial charge on any atom is 0.330 e. The fourth-order valence-corrected chi connectivity index (χ4v) is 5.07. The van der Waals surface area contributed by atoms with Crippen molar-refractivity contribution in [2.75, 3.05) is 27.4 Å². The first-order chi connectivity index (χ1) is 24.7. The number of hydrogen-bond acceptors (Lipinski definition) is 10. The van der Waals surface area contributed by atoms with E-state index in [1.54, 1.807) is 24.3 Å². The van der Waals surface area contributed by atoms with Crippen molar-refractivity contribution in [3.8, 4) is 23.0 Å². The predicted octanol–water partition coefficient (Wildman–Crippen LogP) is 8.88. The van der Waals surface area contributed by atoms with Crippen LogP contribution in [0.5, 0.6) is 23.0 Å². The summed E-state index contributed by atoms with van der Waals surface area (Å²) < 4.78 is 26.3. The molecule has 0 bridgehead atoms. The van der Waals surface area contributed by atoms with Crippen LogP contribution >= 0.6 is 0 Å². The second-order valence-electron chi connectivity index (χ2n) is 12.2. The van der Waals surface area contributed by atoms with Crippen molar-refractivity contribution in [2.24, 2.45) is 0 Å². The molecule has 0 saturated carbocycles. The molecule has 2 aromatic carbocycles. The second-order valence-corrected chi connectivity index (χ2v) is 12.2. The molecular formula is C41H56O10. The summed E-state index contributed by atoms with van der Waals surface area (Å²) in [5.41, 5.74) is 1.19. The SMILES string of the molecule is CCCCCCCC/C=C\CCCCCCCC(=O)OC(COC(=O)/C=C/c1ccc(O)c(OC)c1)COC(=O)/C=C/c1ccc(O)c(OC)c1. The van der Waals surface area contributed by atoms with E-state index in [-0.39, 0.29) is 42.6 Å². The van der Waals surface area contributed by atoms with Gasteiger partial charge in [0.25, 0.3) is 0 Å². The van der Waals surface area contributed by atoms with Crippen LogP contribution in [0.3, 0.4) is 0 Å². The van der Waals surface area contributed by atoms with Crippen molar-refractivity contribution in [1.82, 2.24) is 0 Å². The molecular weight excluding hydrogens is 652 g/mol. The first-order valence-corrected chi connectivity index (χ1v) is 18.0. The average molecular weight is 709 g/mol. The molecule has 0 aromatic heterocycles. The van der Waals surface area contributed by atoms with Crippen LogP contribution in [0.15, 0.2) is 60.7 Å². The number of aromatic hydroxyl groups is 2. The summed E-state index contributed by atoms with van der Waals surface area (Å²) >= 11 is 0. The van der Waals surface area contributed by atoms with Gasteiger partial charge in [0.2, 0.25) is 0 Å². The van der Waals surface area contributed by atoms with Crippen LogP contribution in [-0.4, -0.2) is 61.7 Å². The van der Waals surface area contributed by atoms with E-state index in [1.165, 1.54) is 89.2 Å². The van der Waals surface area contributed by atoms with Crippen LogP contribution in [0.25, 0.3) is 12.2 Å². The molecule has 0 unspecified atom stereocenters. The third-order valence-corrected chi connectivity index (χ3v) is 8.00.